The van der Waals surface area contributed by atoms with Crippen LogP contribution in [0.3, 0.4) is 0 Å². The van der Waals surface area contributed by atoms with Crippen molar-refractivity contribution in [1.29, 1.82) is 0 Å². The van der Waals surface area contributed by atoms with Crippen molar-refractivity contribution in [2.45, 2.75) is 19.1 Å². The largest absolute Gasteiger partial charge is 0.484 e. The standard InChI is InChI=1S/C14H14F3N3O2/c1-9(20-13(21)12-18-6-7-19-12)10-2-4-11(5-3-10)22-8-14(15,16)17/h2-7,9H,8H2,1H3,(H,18,19)(H,20,21). The minimum absolute atomic E-state index is 0.116. The number of nitrogens with one attached hydrogen (secondary N) is 2. The van der Waals surface area contributed by atoms with Crippen molar-refractivity contribution in [3.05, 3.63) is 48.0 Å². The summed E-state index contributed by atoms with van der Waals surface area (Å²) in [4.78, 5) is 18.3. The van der Waals surface area contributed by atoms with Crippen molar-refractivity contribution in [1.82, 2.24) is 15.3 Å². The maximum Gasteiger partial charge on any atom is 0.422 e. The highest BCUT2D eigenvalue weighted by atomic mass is 19.4. The van der Waals surface area contributed by atoms with Gasteiger partial charge in [0.15, 0.2) is 12.4 Å². The lowest BCUT2D eigenvalue weighted by Gasteiger charge is -2.14. The Morgan fingerprint density at radius 2 is 2.05 bits per heavy atom. The van der Waals surface area contributed by atoms with Gasteiger partial charge in [-0.3, -0.25) is 4.79 Å². The first-order valence-corrected chi connectivity index (χ1v) is 6.45. The molecule has 0 saturated heterocycles. The van der Waals surface area contributed by atoms with Gasteiger partial charge < -0.3 is 15.0 Å². The molecule has 1 atom stereocenters. The van der Waals surface area contributed by atoms with Crippen LogP contribution in [0.15, 0.2) is 36.7 Å². The summed E-state index contributed by atoms with van der Waals surface area (Å²) >= 11 is 0. The minimum Gasteiger partial charge on any atom is -0.484 e. The molecule has 2 N–H and O–H groups in total. The van der Waals surface area contributed by atoms with E-state index in [0.717, 1.165) is 5.56 Å². The summed E-state index contributed by atoms with van der Waals surface area (Å²) < 4.78 is 40.8. The fourth-order valence-corrected chi connectivity index (χ4v) is 1.76. The van der Waals surface area contributed by atoms with E-state index in [4.69, 9.17) is 0 Å². The topological polar surface area (TPSA) is 67.0 Å². The second-order valence-corrected chi connectivity index (χ2v) is 4.61. The highest BCUT2D eigenvalue weighted by Crippen LogP contribution is 2.21. The van der Waals surface area contributed by atoms with Crippen LogP contribution < -0.4 is 10.1 Å². The van der Waals surface area contributed by atoms with Crippen LogP contribution in [0.25, 0.3) is 0 Å². The Hall–Kier alpha value is -2.51. The molecule has 8 heteroatoms. The first kappa shape index (κ1) is 15.9. The number of hydrogen-bond acceptors (Lipinski definition) is 3. The molecular formula is C14H14F3N3O2. The van der Waals surface area contributed by atoms with E-state index in [9.17, 15) is 18.0 Å². The molecular weight excluding hydrogens is 299 g/mol. The summed E-state index contributed by atoms with van der Waals surface area (Å²) in [6.07, 6.45) is -1.37. The summed E-state index contributed by atoms with van der Waals surface area (Å²) in [5, 5.41) is 2.72. The van der Waals surface area contributed by atoms with E-state index < -0.39 is 12.8 Å². The summed E-state index contributed by atoms with van der Waals surface area (Å²) in [6.45, 7) is 0.420. The molecule has 0 aliphatic heterocycles. The molecule has 2 aromatic rings. The van der Waals surface area contributed by atoms with Gasteiger partial charge in [0, 0.05) is 12.4 Å². The van der Waals surface area contributed by atoms with Gasteiger partial charge in [-0.15, -0.1) is 0 Å². The van der Waals surface area contributed by atoms with Gasteiger partial charge >= 0.3 is 6.18 Å². The number of halogens is 3. The number of imidazole rings is 1. The molecule has 1 amide bonds. The van der Waals surface area contributed by atoms with Gasteiger partial charge in [-0.05, 0) is 24.6 Å². The number of aromatic nitrogens is 2. The lowest BCUT2D eigenvalue weighted by Crippen LogP contribution is -2.27. The SMILES string of the molecule is CC(NC(=O)c1ncc[nH]1)c1ccc(OCC(F)(F)F)cc1. The van der Waals surface area contributed by atoms with Crippen molar-refractivity contribution in [3.63, 3.8) is 0 Å². The zero-order valence-electron chi connectivity index (χ0n) is 11.6. The van der Waals surface area contributed by atoms with E-state index in [0.29, 0.717) is 0 Å². The molecule has 2 rings (SSSR count). The molecule has 118 valence electrons. The zero-order chi connectivity index (χ0) is 16.2. The molecule has 0 bridgehead atoms. The molecule has 1 heterocycles. The maximum absolute atomic E-state index is 12.0. The number of ether oxygens (including phenoxy) is 1. The number of carbonyl (C=O) groups is 1. The van der Waals surface area contributed by atoms with Crippen molar-refractivity contribution >= 4 is 5.91 Å². The number of H-pyrrole nitrogens is 1. The van der Waals surface area contributed by atoms with Crippen LogP contribution in [-0.4, -0.2) is 28.7 Å². The molecule has 1 unspecified atom stereocenters. The third-order valence-corrected chi connectivity index (χ3v) is 2.84. The van der Waals surface area contributed by atoms with E-state index in [-0.39, 0.29) is 23.5 Å². The van der Waals surface area contributed by atoms with Crippen LogP contribution >= 0.6 is 0 Å². The maximum atomic E-state index is 12.0. The molecule has 22 heavy (non-hydrogen) atoms. The highest BCUT2D eigenvalue weighted by molar-refractivity contribution is 5.90. The van der Waals surface area contributed by atoms with E-state index >= 15 is 0 Å². The summed E-state index contributed by atoms with van der Waals surface area (Å²) in [7, 11) is 0. The number of nitrogens with zero attached hydrogens (tertiary/aromatic N) is 1. The van der Waals surface area contributed by atoms with Crippen molar-refractivity contribution < 1.29 is 22.7 Å². The van der Waals surface area contributed by atoms with Crippen LogP contribution in [0.2, 0.25) is 0 Å². The lowest BCUT2D eigenvalue weighted by atomic mass is 10.1. The molecule has 0 aliphatic carbocycles. The van der Waals surface area contributed by atoms with Gasteiger partial charge in [-0.2, -0.15) is 13.2 Å². The fourth-order valence-electron chi connectivity index (χ4n) is 1.76. The number of rotatable bonds is 5. The van der Waals surface area contributed by atoms with Gasteiger partial charge in [-0.25, -0.2) is 4.98 Å². The Bertz CT molecular complexity index is 609. The molecule has 0 aliphatic rings. The van der Waals surface area contributed by atoms with Crippen molar-refractivity contribution in [3.8, 4) is 5.75 Å². The number of hydrogen-bond donors (Lipinski definition) is 2. The van der Waals surface area contributed by atoms with Crippen LogP contribution in [0.4, 0.5) is 13.2 Å². The quantitative estimate of drug-likeness (QED) is 0.892. The summed E-state index contributed by atoms with van der Waals surface area (Å²) in [5.74, 6) is -0.0579. The Morgan fingerprint density at radius 3 is 2.59 bits per heavy atom. The van der Waals surface area contributed by atoms with Crippen LogP contribution in [-0.2, 0) is 0 Å². The van der Waals surface area contributed by atoms with Gasteiger partial charge in [-0.1, -0.05) is 12.1 Å². The van der Waals surface area contributed by atoms with Gasteiger partial charge in [0.2, 0.25) is 0 Å². The van der Waals surface area contributed by atoms with Crippen LogP contribution in [0.1, 0.15) is 29.1 Å². The summed E-state index contributed by atoms with van der Waals surface area (Å²) in [5.41, 5.74) is 0.735. The molecule has 5 nitrogen and oxygen atoms in total. The predicted molar refractivity (Wildman–Crippen MR) is 72.5 cm³/mol. The van der Waals surface area contributed by atoms with E-state index in [1.54, 1.807) is 19.1 Å². The first-order chi connectivity index (χ1) is 10.3. The van der Waals surface area contributed by atoms with Crippen LogP contribution in [0.5, 0.6) is 5.75 Å². The Morgan fingerprint density at radius 1 is 1.36 bits per heavy atom. The first-order valence-electron chi connectivity index (χ1n) is 6.45. The molecule has 1 aromatic carbocycles. The second-order valence-electron chi connectivity index (χ2n) is 4.61. The number of alkyl halides is 3. The monoisotopic (exact) mass is 313 g/mol. The smallest absolute Gasteiger partial charge is 0.422 e. The van der Waals surface area contributed by atoms with Crippen molar-refractivity contribution in [2.75, 3.05) is 6.61 Å². The lowest BCUT2D eigenvalue weighted by molar-refractivity contribution is -0.153. The average molecular weight is 313 g/mol. The van der Waals surface area contributed by atoms with Gasteiger partial charge in [0.05, 0.1) is 6.04 Å². The third-order valence-electron chi connectivity index (χ3n) is 2.84. The van der Waals surface area contributed by atoms with Gasteiger partial charge in [0.25, 0.3) is 5.91 Å². The number of aromatic amines is 1. The number of benzene rings is 1. The highest BCUT2D eigenvalue weighted by Gasteiger charge is 2.28. The van der Waals surface area contributed by atoms with Gasteiger partial charge in [0.1, 0.15) is 5.75 Å². The average Bonchev–Trinajstić information content (AvgIpc) is 2.99. The van der Waals surface area contributed by atoms with E-state index in [2.05, 4.69) is 20.0 Å². The Kier molecular flexibility index (Phi) is 4.69. The second kappa shape index (κ2) is 6.50. The molecule has 0 fully saturated rings. The Balaban J connectivity index is 1.93. The molecule has 0 saturated carbocycles. The van der Waals surface area contributed by atoms with Crippen molar-refractivity contribution in [2.24, 2.45) is 0 Å². The van der Waals surface area contributed by atoms with Crippen LogP contribution in [0, 0.1) is 0 Å². The number of amides is 1. The third kappa shape index (κ3) is 4.51. The van der Waals surface area contributed by atoms with E-state index in [1.165, 1.54) is 24.5 Å². The summed E-state index contributed by atoms with van der Waals surface area (Å²) in [6, 6.07) is 5.72. The predicted octanol–water partition coefficient (Wildman–Crippen LogP) is 2.84. The minimum atomic E-state index is -4.37. The zero-order valence-corrected chi connectivity index (χ0v) is 11.6. The van der Waals surface area contributed by atoms with E-state index in [1.807, 2.05) is 0 Å². The number of carbonyl (C=O) groups excluding carboxylic acids is 1. The molecule has 0 spiro atoms. The molecule has 0 radical (unpaired) electrons. The fraction of sp³-hybridized carbons (Fsp3) is 0.286. The molecule has 1 aromatic heterocycles. The normalized spacial score (nSPS) is 12.7. The Labute approximate surface area is 124 Å².